The van der Waals surface area contributed by atoms with Gasteiger partial charge < -0.3 is 24.1 Å². The van der Waals surface area contributed by atoms with Crippen LogP contribution in [-0.4, -0.2) is 94.1 Å². The molecule has 9 atom stereocenters. The highest BCUT2D eigenvalue weighted by atomic mass is 32.7. The predicted molar refractivity (Wildman–Crippen MR) is 154 cm³/mol. The first-order valence-electron chi connectivity index (χ1n) is 13.5. The summed E-state index contributed by atoms with van der Waals surface area (Å²) in [6, 6.07) is 1.09. The summed E-state index contributed by atoms with van der Waals surface area (Å²) >= 11 is 0.432. The van der Waals surface area contributed by atoms with Crippen molar-refractivity contribution in [2.45, 2.75) is 49.4 Å². The summed E-state index contributed by atoms with van der Waals surface area (Å²) in [7, 11) is -0.882. The molecule has 0 amide bonds. The van der Waals surface area contributed by atoms with Crippen molar-refractivity contribution in [2.24, 2.45) is 0 Å². The van der Waals surface area contributed by atoms with E-state index in [0.717, 1.165) is 17.7 Å². The first kappa shape index (κ1) is 33.3. The molecule has 0 spiro atoms. The van der Waals surface area contributed by atoms with E-state index in [1.165, 1.54) is 37.6 Å². The van der Waals surface area contributed by atoms with E-state index >= 15 is 0 Å². The second kappa shape index (κ2) is 13.5. The number of nitrogens with zero attached hydrogens (tertiary/aromatic N) is 5. The van der Waals surface area contributed by atoms with Gasteiger partial charge in [-0.05, 0) is 0 Å². The highest BCUT2D eigenvalue weighted by Gasteiger charge is 2.53. The molecule has 24 heteroatoms. The maximum atomic E-state index is 14.1. The summed E-state index contributed by atoms with van der Waals surface area (Å²) in [6.07, 6.45) is -3.96. The lowest BCUT2D eigenvalue weighted by Gasteiger charge is -2.28. The number of anilines is 1. The summed E-state index contributed by atoms with van der Waals surface area (Å²) in [5.74, 6) is 0.126. The Labute approximate surface area is 262 Å². The minimum atomic E-state index is -4.62. The third-order valence-corrected chi connectivity index (χ3v) is 11.3. The zero-order chi connectivity index (χ0) is 32.6. The summed E-state index contributed by atoms with van der Waals surface area (Å²) in [6.45, 7) is -5.11. The van der Waals surface area contributed by atoms with Gasteiger partial charge in [0.25, 0.3) is 5.56 Å². The third kappa shape index (κ3) is 6.59. The molecule has 3 aliphatic heterocycles. The minimum absolute atomic E-state index is 0.0564. The third-order valence-electron chi connectivity index (χ3n) is 7.15. The maximum absolute atomic E-state index is 14.1. The molecule has 6 rings (SSSR count). The Bertz CT molecular complexity index is 1770. The average molecular weight is 710 g/mol. The van der Waals surface area contributed by atoms with Crippen LogP contribution >= 0.6 is 26.3 Å². The summed E-state index contributed by atoms with van der Waals surface area (Å²) in [5, 5.41) is 0. The number of nitrogen functional groups attached to an aromatic ring is 1. The molecule has 3 aromatic heterocycles. The van der Waals surface area contributed by atoms with Crippen LogP contribution in [0, 0.1) is 0 Å². The van der Waals surface area contributed by atoms with E-state index in [9.17, 15) is 18.7 Å². The summed E-state index contributed by atoms with van der Waals surface area (Å²) < 4.78 is 81.8. The first-order chi connectivity index (χ1) is 22.1. The maximum Gasteiger partial charge on any atom is 0.502 e. The van der Waals surface area contributed by atoms with Crippen LogP contribution in [0.4, 0.5) is 5.82 Å². The fraction of sp³-hybridized carbons (Fsp3) is 0.591. The van der Waals surface area contributed by atoms with Gasteiger partial charge in [0, 0.05) is 25.8 Å². The zero-order valence-corrected chi connectivity index (χ0v) is 26.9. The van der Waals surface area contributed by atoms with Crippen molar-refractivity contribution in [3.63, 3.8) is 0 Å². The number of methoxy groups -OCH3 is 1. The molecule has 0 aliphatic carbocycles. The standard InChI is InChI=1S/C22H29N7O14P2S/c1-34-17-16-13(40-21(17)29-10-26-15-18(23)24-9-25-19(15)29)8-37-44(32,43-35-2)41-12-6-11(7-38-45(33,42-16)46-36-3)39-20(12)28-5-4-14(30)27-22(28)31/h4-5,9-13,16-17,20-21H,6-8H2,1-3H3,(H2,23,24,25)(H,27,30,31)/t11-,12+,13+,16+,17+,20+,21+,44?,45?/m0/s1. The highest BCUT2D eigenvalue weighted by Crippen LogP contribution is 2.64. The number of aromatic amines is 1. The van der Waals surface area contributed by atoms with E-state index < -0.39 is 75.5 Å². The number of aromatic nitrogens is 6. The van der Waals surface area contributed by atoms with Crippen molar-refractivity contribution < 1.29 is 55.2 Å². The van der Waals surface area contributed by atoms with Crippen LogP contribution < -0.4 is 17.0 Å². The molecular weight excluding hydrogens is 680 g/mol. The Kier molecular flexibility index (Phi) is 9.80. The molecule has 0 aromatic carbocycles. The lowest BCUT2D eigenvalue weighted by atomic mass is 10.1. The fourth-order valence-corrected chi connectivity index (χ4v) is 8.93. The molecule has 46 heavy (non-hydrogen) atoms. The van der Waals surface area contributed by atoms with Crippen LogP contribution in [0.3, 0.4) is 0 Å². The smallest absolute Gasteiger partial charge is 0.382 e. The van der Waals surface area contributed by atoms with Crippen LogP contribution in [0.2, 0.25) is 0 Å². The molecule has 6 heterocycles. The Hall–Kier alpha value is -2.56. The largest absolute Gasteiger partial charge is 0.502 e. The molecule has 2 bridgehead atoms. The van der Waals surface area contributed by atoms with Crippen molar-refractivity contribution in [1.29, 1.82) is 0 Å². The van der Waals surface area contributed by atoms with Gasteiger partial charge in [-0.15, -0.1) is 4.67 Å². The quantitative estimate of drug-likeness (QED) is 0.151. The van der Waals surface area contributed by atoms with Gasteiger partial charge in [-0.1, -0.05) is 0 Å². The SMILES string of the molecule is COOP1(=O)OC[C@H]2O[C@@H](n3cnc4c(N)ncnc43)[C@H](OC)[C@@H]2OP(=O)(SOC)OC[C@@H]2C[C@@H](O1)[C@H](n1ccc(=O)[nH]c1=O)O2. The van der Waals surface area contributed by atoms with Gasteiger partial charge in [0.1, 0.15) is 47.9 Å². The predicted octanol–water partition coefficient (Wildman–Crippen LogP) is 1.06. The number of nitrogens with one attached hydrogen (secondary N) is 1. The molecule has 3 fully saturated rings. The van der Waals surface area contributed by atoms with Crippen LogP contribution in [-0.2, 0) is 55.2 Å². The molecule has 252 valence electrons. The van der Waals surface area contributed by atoms with Gasteiger partial charge in [-0.2, -0.15) is 0 Å². The number of phosphoric acid groups is 1. The van der Waals surface area contributed by atoms with Gasteiger partial charge in [0.15, 0.2) is 23.9 Å². The lowest BCUT2D eigenvalue weighted by molar-refractivity contribution is -0.207. The molecule has 0 saturated carbocycles. The number of phosphoric ester groups is 1. The molecule has 3 saturated heterocycles. The van der Waals surface area contributed by atoms with Crippen molar-refractivity contribution >= 4 is 43.3 Å². The van der Waals surface area contributed by atoms with Crippen molar-refractivity contribution in [3.8, 4) is 0 Å². The normalized spacial score (nSPS) is 35.3. The fourth-order valence-electron chi connectivity index (χ4n) is 5.27. The van der Waals surface area contributed by atoms with Gasteiger partial charge in [-0.3, -0.25) is 37.0 Å². The van der Waals surface area contributed by atoms with Crippen molar-refractivity contribution in [3.05, 3.63) is 45.8 Å². The van der Waals surface area contributed by atoms with E-state index in [0.29, 0.717) is 22.8 Å². The molecule has 0 radical (unpaired) electrons. The van der Waals surface area contributed by atoms with Crippen LogP contribution in [0.25, 0.3) is 11.2 Å². The number of rotatable bonds is 7. The molecule has 3 aromatic rings. The number of nitrogens with two attached hydrogens (primary N) is 1. The lowest BCUT2D eigenvalue weighted by Crippen LogP contribution is -2.37. The number of hydrogen-bond acceptors (Lipinski definition) is 19. The van der Waals surface area contributed by atoms with Crippen LogP contribution in [0.15, 0.2) is 34.5 Å². The summed E-state index contributed by atoms with van der Waals surface area (Å²) in [4.78, 5) is 43.5. The van der Waals surface area contributed by atoms with E-state index in [-0.39, 0.29) is 18.8 Å². The molecule has 3 N–H and O–H groups in total. The van der Waals surface area contributed by atoms with Crippen molar-refractivity contribution in [1.82, 2.24) is 29.1 Å². The van der Waals surface area contributed by atoms with Gasteiger partial charge >= 0.3 is 20.3 Å². The second-order valence-corrected chi connectivity index (χ2v) is 15.1. The Balaban J connectivity index is 1.37. The number of imidazole rings is 1. The van der Waals surface area contributed by atoms with E-state index in [4.69, 9.17) is 46.9 Å². The Morgan fingerprint density at radius 1 is 1.02 bits per heavy atom. The topological polar surface area (TPSA) is 251 Å². The molecular formula is C22H29N7O14P2S. The monoisotopic (exact) mass is 709 g/mol. The van der Waals surface area contributed by atoms with Crippen LogP contribution in [0.5, 0.6) is 0 Å². The zero-order valence-electron chi connectivity index (χ0n) is 24.3. The second-order valence-electron chi connectivity index (χ2n) is 9.93. The summed E-state index contributed by atoms with van der Waals surface area (Å²) in [5.41, 5.74) is 5.07. The number of fused-ring (bicyclic) bond motifs is 4. The number of ether oxygens (including phenoxy) is 3. The molecule has 2 unspecified atom stereocenters. The van der Waals surface area contributed by atoms with E-state index in [1.807, 2.05) is 0 Å². The Morgan fingerprint density at radius 3 is 2.59 bits per heavy atom. The van der Waals surface area contributed by atoms with E-state index in [1.54, 1.807) is 0 Å². The van der Waals surface area contributed by atoms with Crippen LogP contribution in [0.1, 0.15) is 18.9 Å². The molecule has 3 aliphatic rings. The molecule has 21 nitrogen and oxygen atoms in total. The van der Waals surface area contributed by atoms with Gasteiger partial charge in [-0.25, -0.2) is 33.8 Å². The highest BCUT2D eigenvalue weighted by molar-refractivity contribution is 8.52. The first-order valence-corrected chi connectivity index (χ1v) is 17.8. The average Bonchev–Trinajstić information content (AvgIpc) is 3.71. The van der Waals surface area contributed by atoms with Gasteiger partial charge in [0.05, 0.1) is 39.9 Å². The Morgan fingerprint density at radius 2 is 1.85 bits per heavy atom. The number of H-pyrrole nitrogens is 1. The minimum Gasteiger partial charge on any atom is -0.382 e. The van der Waals surface area contributed by atoms with Gasteiger partial charge in [0.2, 0.25) is 0 Å². The number of hydrogen-bond donors (Lipinski definition) is 2. The van der Waals surface area contributed by atoms with Crippen molar-refractivity contribution in [2.75, 3.05) is 40.3 Å². The van der Waals surface area contributed by atoms with E-state index in [2.05, 4.69) is 24.8 Å².